The number of hydrogen-bond acceptors (Lipinski definition) is 2. The van der Waals surface area contributed by atoms with Crippen LogP contribution in [-0.4, -0.2) is 23.4 Å². The maximum Gasteiger partial charge on any atom is 0.0351 e. The molecule has 1 aromatic heterocycles. The quantitative estimate of drug-likeness (QED) is 0.690. The van der Waals surface area contributed by atoms with E-state index in [9.17, 15) is 0 Å². The van der Waals surface area contributed by atoms with Crippen LogP contribution < -0.4 is 0 Å². The zero-order valence-corrected chi connectivity index (χ0v) is 11.4. The first kappa shape index (κ1) is 13.0. The molecule has 3 heteroatoms. The topological polar surface area (TPSA) is 3.24 Å². The summed E-state index contributed by atoms with van der Waals surface area (Å²) in [5, 5.41) is 0. The second-order valence-electron chi connectivity index (χ2n) is 3.97. The maximum absolute atomic E-state index is 5.80. The summed E-state index contributed by atoms with van der Waals surface area (Å²) in [5.41, 5.74) is 0. The molecule has 0 saturated carbocycles. The van der Waals surface area contributed by atoms with Crippen molar-refractivity contribution >= 4 is 22.9 Å². The number of nitrogens with zero attached hydrogens (tertiary/aromatic N) is 1. The Morgan fingerprint density at radius 2 is 2.00 bits per heavy atom. The molecule has 1 nitrogen and oxygen atoms in total. The molecular weight excluding hydrogens is 226 g/mol. The van der Waals surface area contributed by atoms with Crippen molar-refractivity contribution < 1.29 is 0 Å². The standard InChI is InChI=1S/C12H20ClNS/c1-4-11-5-6-12(15-11)9-14(8-7-13)10(2)3/h5-6,10H,4,7-9H2,1-3H3. The van der Waals surface area contributed by atoms with E-state index in [-0.39, 0.29) is 0 Å². The van der Waals surface area contributed by atoms with Crippen molar-refractivity contribution in [2.45, 2.75) is 39.8 Å². The van der Waals surface area contributed by atoms with Gasteiger partial charge >= 0.3 is 0 Å². The van der Waals surface area contributed by atoms with Crippen molar-refractivity contribution in [3.05, 3.63) is 21.9 Å². The van der Waals surface area contributed by atoms with Crippen LogP contribution in [-0.2, 0) is 13.0 Å². The Morgan fingerprint density at radius 1 is 1.33 bits per heavy atom. The minimum Gasteiger partial charge on any atom is -0.295 e. The highest BCUT2D eigenvalue weighted by Crippen LogP contribution is 2.19. The van der Waals surface area contributed by atoms with Crippen molar-refractivity contribution in [3.63, 3.8) is 0 Å². The SMILES string of the molecule is CCc1ccc(CN(CCCl)C(C)C)s1. The third kappa shape index (κ3) is 4.13. The highest BCUT2D eigenvalue weighted by Gasteiger charge is 2.10. The van der Waals surface area contributed by atoms with Crippen molar-refractivity contribution in [3.8, 4) is 0 Å². The van der Waals surface area contributed by atoms with E-state index in [1.165, 1.54) is 9.75 Å². The minimum atomic E-state index is 0.566. The smallest absolute Gasteiger partial charge is 0.0351 e. The highest BCUT2D eigenvalue weighted by molar-refractivity contribution is 7.11. The van der Waals surface area contributed by atoms with Crippen LogP contribution in [0.1, 0.15) is 30.5 Å². The van der Waals surface area contributed by atoms with Crippen LogP contribution in [0.3, 0.4) is 0 Å². The van der Waals surface area contributed by atoms with Gasteiger partial charge in [0.15, 0.2) is 0 Å². The van der Waals surface area contributed by atoms with E-state index < -0.39 is 0 Å². The van der Waals surface area contributed by atoms with Gasteiger partial charge in [-0.3, -0.25) is 4.90 Å². The van der Waals surface area contributed by atoms with Crippen LogP contribution in [0.15, 0.2) is 12.1 Å². The van der Waals surface area contributed by atoms with E-state index >= 15 is 0 Å². The van der Waals surface area contributed by atoms with Gasteiger partial charge in [-0.25, -0.2) is 0 Å². The molecule has 0 bridgehead atoms. The molecule has 15 heavy (non-hydrogen) atoms. The highest BCUT2D eigenvalue weighted by atomic mass is 35.5. The molecule has 1 heterocycles. The Labute approximate surface area is 102 Å². The average molecular weight is 246 g/mol. The fourth-order valence-corrected chi connectivity index (χ4v) is 2.73. The number of aryl methyl sites for hydroxylation is 1. The summed E-state index contributed by atoms with van der Waals surface area (Å²) in [7, 11) is 0. The van der Waals surface area contributed by atoms with Gasteiger partial charge < -0.3 is 0 Å². The lowest BCUT2D eigenvalue weighted by molar-refractivity contribution is 0.228. The fourth-order valence-electron chi connectivity index (χ4n) is 1.53. The summed E-state index contributed by atoms with van der Waals surface area (Å²) in [6.07, 6.45) is 1.14. The van der Waals surface area contributed by atoms with Crippen molar-refractivity contribution in [1.82, 2.24) is 4.90 Å². The number of hydrogen-bond donors (Lipinski definition) is 0. The summed E-state index contributed by atoms with van der Waals surface area (Å²) in [6, 6.07) is 5.04. The van der Waals surface area contributed by atoms with E-state index in [4.69, 9.17) is 11.6 Å². The van der Waals surface area contributed by atoms with Gasteiger partial charge in [-0.15, -0.1) is 22.9 Å². The van der Waals surface area contributed by atoms with Crippen molar-refractivity contribution in [1.29, 1.82) is 0 Å². The largest absolute Gasteiger partial charge is 0.295 e. The number of halogens is 1. The van der Waals surface area contributed by atoms with Crippen LogP contribution in [0.25, 0.3) is 0 Å². The monoisotopic (exact) mass is 245 g/mol. The Kier molecular flexibility index (Phi) is 5.65. The molecule has 0 aliphatic rings. The molecule has 0 aliphatic heterocycles. The van der Waals surface area contributed by atoms with Gasteiger partial charge in [-0.2, -0.15) is 0 Å². The van der Waals surface area contributed by atoms with Gasteiger partial charge in [0.25, 0.3) is 0 Å². The van der Waals surface area contributed by atoms with Gasteiger partial charge in [0.1, 0.15) is 0 Å². The van der Waals surface area contributed by atoms with Gasteiger partial charge in [-0.05, 0) is 32.4 Å². The number of alkyl halides is 1. The first-order valence-corrected chi connectivity index (χ1v) is 6.90. The third-order valence-electron chi connectivity index (χ3n) is 2.53. The second-order valence-corrected chi connectivity index (χ2v) is 5.61. The third-order valence-corrected chi connectivity index (χ3v) is 3.91. The molecule has 86 valence electrons. The molecule has 0 aromatic carbocycles. The molecule has 0 atom stereocenters. The zero-order valence-electron chi connectivity index (χ0n) is 9.79. The zero-order chi connectivity index (χ0) is 11.3. The van der Waals surface area contributed by atoms with E-state index in [1.54, 1.807) is 0 Å². The summed E-state index contributed by atoms with van der Waals surface area (Å²) < 4.78 is 0. The first-order valence-electron chi connectivity index (χ1n) is 5.55. The molecule has 0 unspecified atom stereocenters. The minimum absolute atomic E-state index is 0.566. The van der Waals surface area contributed by atoms with E-state index in [2.05, 4.69) is 37.8 Å². The van der Waals surface area contributed by atoms with Crippen LogP contribution >= 0.6 is 22.9 Å². The van der Waals surface area contributed by atoms with Gasteiger partial charge in [0.05, 0.1) is 0 Å². The molecule has 1 rings (SSSR count). The first-order chi connectivity index (χ1) is 7.17. The molecule has 0 aliphatic carbocycles. The fraction of sp³-hybridized carbons (Fsp3) is 0.667. The van der Waals surface area contributed by atoms with Crippen LogP contribution in [0, 0.1) is 0 Å². The summed E-state index contributed by atoms with van der Waals surface area (Å²) in [5.74, 6) is 0.712. The molecule has 0 spiro atoms. The number of thiophene rings is 1. The van der Waals surface area contributed by atoms with Gasteiger partial charge in [0.2, 0.25) is 0 Å². The van der Waals surface area contributed by atoms with Crippen LogP contribution in [0.5, 0.6) is 0 Å². The molecule has 0 amide bonds. The average Bonchev–Trinajstić information content (AvgIpc) is 2.65. The second kappa shape index (κ2) is 6.51. The lowest BCUT2D eigenvalue weighted by Crippen LogP contribution is -2.31. The van der Waals surface area contributed by atoms with Crippen LogP contribution in [0.2, 0.25) is 0 Å². The Balaban J connectivity index is 2.57. The molecule has 0 N–H and O–H groups in total. The molecule has 0 fully saturated rings. The van der Waals surface area contributed by atoms with Gasteiger partial charge in [0, 0.05) is 34.8 Å². The number of rotatable bonds is 6. The molecule has 1 aromatic rings. The Hall–Kier alpha value is -0.0500. The Morgan fingerprint density at radius 3 is 2.47 bits per heavy atom. The van der Waals surface area contributed by atoms with E-state index in [1.807, 2.05) is 11.3 Å². The summed E-state index contributed by atoms with van der Waals surface area (Å²) in [4.78, 5) is 5.34. The predicted molar refractivity (Wildman–Crippen MR) is 70.0 cm³/mol. The molecule has 0 saturated heterocycles. The van der Waals surface area contributed by atoms with Gasteiger partial charge in [-0.1, -0.05) is 6.92 Å². The van der Waals surface area contributed by atoms with Crippen molar-refractivity contribution in [2.24, 2.45) is 0 Å². The molecule has 0 radical (unpaired) electrons. The lowest BCUT2D eigenvalue weighted by Gasteiger charge is -2.24. The van der Waals surface area contributed by atoms with Crippen molar-refractivity contribution in [2.75, 3.05) is 12.4 Å². The van der Waals surface area contributed by atoms with E-state index in [0.29, 0.717) is 11.9 Å². The summed E-state index contributed by atoms with van der Waals surface area (Å²) in [6.45, 7) is 8.66. The summed E-state index contributed by atoms with van der Waals surface area (Å²) >= 11 is 7.72. The predicted octanol–water partition coefficient (Wildman–Crippen LogP) is 3.76. The van der Waals surface area contributed by atoms with Crippen LogP contribution in [0.4, 0.5) is 0 Å². The van der Waals surface area contributed by atoms with E-state index in [0.717, 1.165) is 19.5 Å². The normalized spacial score (nSPS) is 11.6. The maximum atomic E-state index is 5.80. The lowest BCUT2D eigenvalue weighted by atomic mass is 10.3. The Bertz CT molecular complexity index is 283. The molecular formula is C12H20ClNS.